The topological polar surface area (TPSA) is 60.5 Å². The fourth-order valence-electron chi connectivity index (χ4n) is 2.00. The fraction of sp³-hybridized carbons (Fsp3) is 0.294. The van der Waals surface area contributed by atoms with Crippen LogP contribution in [0.25, 0.3) is 0 Å². The molecule has 0 fully saturated rings. The molecule has 2 aromatic rings. The molecule has 0 aliphatic carbocycles. The Kier molecular flexibility index (Phi) is 5.77. The van der Waals surface area contributed by atoms with Crippen molar-refractivity contribution >= 4 is 5.91 Å². The molecular formula is C17H20N2O3. The number of hydrogen-bond acceptors (Lipinski definition) is 4. The second kappa shape index (κ2) is 8.02. The molecule has 1 N–H and O–H groups in total. The first-order chi connectivity index (χ1) is 10.7. The highest BCUT2D eigenvalue weighted by molar-refractivity contribution is 5.81. The normalized spacial score (nSPS) is 11.5. The third kappa shape index (κ3) is 4.22. The summed E-state index contributed by atoms with van der Waals surface area (Å²) in [5.41, 5.74) is 0.996. The second-order valence-corrected chi connectivity index (χ2v) is 4.74. The molecule has 1 heterocycles. The van der Waals surface area contributed by atoms with E-state index < -0.39 is 6.10 Å². The zero-order valence-electron chi connectivity index (χ0n) is 12.8. The van der Waals surface area contributed by atoms with Crippen molar-refractivity contribution in [2.45, 2.75) is 26.0 Å². The number of aromatic nitrogens is 1. The Morgan fingerprint density at radius 1 is 1.18 bits per heavy atom. The van der Waals surface area contributed by atoms with Gasteiger partial charge in [-0.3, -0.25) is 9.78 Å². The summed E-state index contributed by atoms with van der Waals surface area (Å²) in [5, 5.41) is 2.88. The van der Waals surface area contributed by atoms with Crippen LogP contribution in [0.15, 0.2) is 48.8 Å². The van der Waals surface area contributed by atoms with Crippen molar-refractivity contribution in [3.8, 4) is 11.5 Å². The van der Waals surface area contributed by atoms with Crippen LogP contribution in [-0.4, -0.2) is 24.1 Å². The predicted octanol–water partition coefficient (Wildman–Crippen LogP) is 2.56. The van der Waals surface area contributed by atoms with Gasteiger partial charge in [0.1, 0.15) is 0 Å². The first-order valence-corrected chi connectivity index (χ1v) is 7.21. The molecule has 0 saturated heterocycles. The smallest absolute Gasteiger partial charge is 0.261 e. The van der Waals surface area contributed by atoms with Crippen LogP contribution in [-0.2, 0) is 11.3 Å². The highest BCUT2D eigenvalue weighted by atomic mass is 16.5. The Hall–Kier alpha value is -2.56. The summed E-state index contributed by atoms with van der Waals surface area (Å²) in [6.07, 6.45) is 3.41. The number of ether oxygens (including phenoxy) is 2. The lowest BCUT2D eigenvalue weighted by Crippen LogP contribution is -2.37. The van der Waals surface area contributed by atoms with Gasteiger partial charge < -0.3 is 14.8 Å². The van der Waals surface area contributed by atoms with E-state index in [4.69, 9.17) is 9.47 Å². The average Bonchev–Trinajstić information content (AvgIpc) is 2.58. The number of nitrogens with one attached hydrogen (secondary N) is 1. The maximum absolute atomic E-state index is 12.3. The molecule has 5 heteroatoms. The van der Waals surface area contributed by atoms with Crippen LogP contribution < -0.4 is 14.8 Å². The lowest BCUT2D eigenvalue weighted by molar-refractivity contribution is -0.128. The van der Waals surface area contributed by atoms with E-state index in [0.29, 0.717) is 24.5 Å². The molecule has 1 aromatic heterocycles. The molecule has 1 atom stereocenters. The highest BCUT2D eigenvalue weighted by Gasteiger charge is 2.19. The molecule has 0 radical (unpaired) electrons. The molecule has 0 aliphatic rings. The molecule has 1 amide bonds. The van der Waals surface area contributed by atoms with E-state index in [1.165, 1.54) is 0 Å². The van der Waals surface area contributed by atoms with E-state index in [2.05, 4.69) is 10.3 Å². The number of methoxy groups -OCH3 is 1. The van der Waals surface area contributed by atoms with Gasteiger partial charge in [-0.25, -0.2) is 0 Å². The molecule has 1 aromatic carbocycles. The van der Waals surface area contributed by atoms with Crippen molar-refractivity contribution in [2.75, 3.05) is 7.11 Å². The number of carbonyl (C=O) groups is 1. The maximum atomic E-state index is 12.3. The van der Waals surface area contributed by atoms with Gasteiger partial charge in [0.15, 0.2) is 17.6 Å². The van der Waals surface area contributed by atoms with E-state index in [1.54, 1.807) is 31.6 Å². The minimum absolute atomic E-state index is 0.148. The van der Waals surface area contributed by atoms with Crippen molar-refractivity contribution in [1.82, 2.24) is 10.3 Å². The maximum Gasteiger partial charge on any atom is 0.261 e. The summed E-state index contributed by atoms with van der Waals surface area (Å²) >= 11 is 0. The minimum atomic E-state index is -0.557. The number of pyridine rings is 1. The molecule has 2 rings (SSSR count). The van der Waals surface area contributed by atoms with Gasteiger partial charge in [0.05, 0.1) is 7.11 Å². The Labute approximate surface area is 130 Å². The number of para-hydroxylation sites is 2. The van der Waals surface area contributed by atoms with Crippen molar-refractivity contribution < 1.29 is 14.3 Å². The van der Waals surface area contributed by atoms with E-state index in [-0.39, 0.29) is 5.91 Å². The molecule has 22 heavy (non-hydrogen) atoms. The number of rotatable bonds is 7. The van der Waals surface area contributed by atoms with Gasteiger partial charge in [-0.2, -0.15) is 0 Å². The van der Waals surface area contributed by atoms with Crippen LogP contribution in [0.2, 0.25) is 0 Å². The number of benzene rings is 1. The van der Waals surface area contributed by atoms with Crippen LogP contribution in [0.3, 0.4) is 0 Å². The van der Waals surface area contributed by atoms with Crippen molar-refractivity contribution in [2.24, 2.45) is 0 Å². The molecule has 0 aliphatic heterocycles. The monoisotopic (exact) mass is 300 g/mol. The Morgan fingerprint density at radius 2 is 1.86 bits per heavy atom. The lowest BCUT2D eigenvalue weighted by atomic mass is 10.2. The third-order valence-electron chi connectivity index (χ3n) is 3.22. The van der Waals surface area contributed by atoms with Gasteiger partial charge in [-0.1, -0.05) is 19.1 Å². The number of nitrogens with zero attached hydrogens (tertiary/aromatic N) is 1. The third-order valence-corrected chi connectivity index (χ3v) is 3.22. The summed E-state index contributed by atoms with van der Waals surface area (Å²) in [6, 6.07) is 11.0. The van der Waals surface area contributed by atoms with Crippen LogP contribution in [0.4, 0.5) is 0 Å². The highest BCUT2D eigenvalue weighted by Crippen LogP contribution is 2.27. The van der Waals surface area contributed by atoms with Gasteiger partial charge in [-0.15, -0.1) is 0 Å². The van der Waals surface area contributed by atoms with Crippen LogP contribution in [0.5, 0.6) is 11.5 Å². The summed E-state index contributed by atoms with van der Waals surface area (Å²) < 4.78 is 11.0. The fourth-order valence-corrected chi connectivity index (χ4v) is 2.00. The molecule has 0 saturated carbocycles. The standard InChI is InChI=1S/C17H20N2O3/c1-3-14(22-16-7-5-4-6-15(16)21-2)17(20)19-12-13-8-10-18-11-9-13/h4-11,14H,3,12H2,1-2H3,(H,19,20)/t14-/m1/s1. The summed E-state index contributed by atoms with van der Waals surface area (Å²) in [7, 11) is 1.58. The van der Waals surface area contributed by atoms with Crippen molar-refractivity contribution in [3.63, 3.8) is 0 Å². The lowest BCUT2D eigenvalue weighted by Gasteiger charge is -2.18. The molecule has 0 bridgehead atoms. The Bertz CT molecular complexity index is 602. The SMILES string of the molecule is CC[C@@H](Oc1ccccc1OC)C(=O)NCc1ccncc1. The van der Waals surface area contributed by atoms with Gasteiger partial charge in [-0.05, 0) is 36.2 Å². The zero-order valence-corrected chi connectivity index (χ0v) is 12.8. The molecular weight excluding hydrogens is 280 g/mol. The van der Waals surface area contributed by atoms with E-state index in [0.717, 1.165) is 5.56 Å². The molecule has 0 unspecified atom stereocenters. The van der Waals surface area contributed by atoms with E-state index >= 15 is 0 Å². The van der Waals surface area contributed by atoms with Crippen molar-refractivity contribution in [3.05, 3.63) is 54.4 Å². The Balaban J connectivity index is 1.97. The molecule has 5 nitrogen and oxygen atoms in total. The van der Waals surface area contributed by atoms with E-state index in [9.17, 15) is 4.79 Å². The zero-order chi connectivity index (χ0) is 15.8. The number of hydrogen-bond donors (Lipinski definition) is 1. The molecule has 0 spiro atoms. The summed E-state index contributed by atoms with van der Waals surface area (Å²) in [5.74, 6) is 1.03. The summed E-state index contributed by atoms with van der Waals surface area (Å²) in [4.78, 5) is 16.2. The van der Waals surface area contributed by atoms with E-state index in [1.807, 2.05) is 31.2 Å². The van der Waals surface area contributed by atoms with Gasteiger partial charge >= 0.3 is 0 Å². The molecule has 116 valence electrons. The first kappa shape index (κ1) is 15.8. The van der Waals surface area contributed by atoms with Crippen LogP contribution >= 0.6 is 0 Å². The first-order valence-electron chi connectivity index (χ1n) is 7.21. The van der Waals surface area contributed by atoms with Gasteiger partial charge in [0, 0.05) is 18.9 Å². The second-order valence-electron chi connectivity index (χ2n) is 4.74. The Morgan fingerprint density at radius 3 is 2.50 bits per heavy atom. The number of carbonyl (C=O) groups excluding carboxylic acids is 1. The number of amides is 1. The largest absolute Gasteiger partial charge is 0.493 e. The summed E-state index contributed by atoms with van der Waals surface area (Å²) in [6.45, 7) is 2.36. The predicted molar refractivity (Wildman–Crippen MR) is 83.8 cm³/mol. The average molecular weight is 300 g/mol. The van der Waals surface area contributed by atoms with Crippen molar-refractivity contribution in [1.29, 1.82) is 0 Å². The quantitative estimate of drug-likeness (QED) is 0.853. The van der Waals surface area contributed by atoms with Crippen LogP contribution in [0, 0.1) is 0 Å². The van der Waals surface area contributed by atoms with Gasteiger partial charge in [0.25, 0.3) is 5.91 Å². The minimum Gasteiger partial charge on any atom is -0.493 e. The van der Waals surface area contributed by atoms with Crippen LogP contribution in [0.1, 0.15) is 18.9 Å². The van der Waals surface area contributed by atoms with Gasteiger partial charge in [0.2, 0.25) is 0 Å².